The van der Waals surface area contributed by atoms with Crippen molar-refractivity contribution in [2.45, 2.75) is 6.54 Å². The van der Waals surface area contributed by atoms with E-state index < -0.39 is 0 Å². The number of carbonyl (C=O) groups is 2. The Labute approximate surface area is 198 Å². The van der Waals surface area contributed by atoms with E-state index in [-0.39, 0.29) is 18.4 Å². The molecule has 34 heavy (non-hydrogen) atoms. The summed E-state index contributed by atoms with van der Waals surface area (Å²) in [5, 5.41) is 0. The SMILES string of the molecule is COc1ccc(C2=C(N3CCN(c4ccccn4)CC3)C(=O)N(Cc3ccccc3)C2=O)cc1. The van der Waals surface area contributed by atoms with Gasteiger partial charge in [-0.05, 0) is 35.4 Å². The van der Waals surface area contributed by atoms with Gasteiger partial charge in [-0.25, -0.2) is 4.98 Å². The van der Waals surface area contributed by atoms with Gasteiger partial charge >= 0.3 is 0 Å². The number of methoxy groups -OCH3 is 1. The first-order chi connectivity index (χ1) is 16.7. The summed E-state index contributed by atoms with van der Waals surface area (Å²) in [5.74, 6) is 1.12. The lowest BCUT2D eigenvalue weighted by Gasteiger charge is -2.37. The molecule has 1 aromatic heterocycles. The molecule has 2 aliphatic heterocycles. The van der Waals surface area contributed by atoms with Crippen LogP contribution in [0.4, 0.5) is 5.82 Å². The van der Waals surface area contributed by atoms with Crippen LogP contribution in [0.5, 0.6) is 5.75 Å². The van der Waals surface area contributed by atoms with Gasteiger partial charge in [-0.3, -0.25) is 14.5 Å². The highest BCUT2D eigenvalue weighted by Crippen LogP contribution is 2.34. The summed E-state index contributed by atoms with van der Waals surface area (Å²) in [7, 11) is 1.60. The van der Waals surface area contributed by atoms with Crippen molar-refractivity contribution in [1.82, 2.24) is 14.8 Å². The molecule has 0 radical (unpaired) electrons. The molecule has 0 unspecified atom stereocenters. The summed E-state index contributed by atoms with van der Waals surface area (Å²) in [6, 6.07) is 22.8. The Kier molecular flexibility index (Phi) is 5.99. The average Bonchev–Trinajstić information content (AvgIpc) is 3.15. The smallest absolute Gasteiger partial charge is 0.278 e. The molecule has 5 rings (SSSR count). The molecule has 0 spiro atoms. The third-order valence-corrected chi connectivity index (χ3v) is 6.27. The van der Waals surface area contributed by atoms with Gasteiger partial charge in [-0.2, -0.15) is 0 Å². The third kappa shape index (κ3) is 4.12. The molecule has 0 atom stereocenters. The molecule has 2 amide bonds. The van der Waals surface area contributed by atoms with Gasteiger partial charge in [-0.15, -0.1) is 0 Å². The summed E-state index contributed by atoms with van der Waals surface area (Å²) < 4.78 is 5.28. The van der Waals surface area contributed by atoms with Crippen LogP contribution in [0.25, 0.3) is 5.57 Å². The molecule has 3 aromatic rings. The number of carbonyl (C=O) groups excluding carboxylic acids is 2. The van der Waals surface area contributed by atoms with Crippen LogP contribution in [-0.2, 0) is 16.1 Å². The van der Waals surface area contributed by atoms with Crippen molar-refractivity contribution in [3.63, 3.8) is 0 Å². The highest BCUT2D eigenvalue weighted by atomic mass is 16.5. The number of piperazine rings is 1. The Morgan fingerprint density at radius 2 is 1.47 bits per heavy atom. The van der Waals surface area contributed by atoms with Crippen molar-refractivity contribution in [2.24, 2.45) is 0 Å². The highest BCUT2D eigenvalue weighted by molar-refractivity contribution is 6.35. The fourth-order valence-electron chi connectivity index (χ4n) is 4.48. The maximum Gasteiger partial charge on any atom is 0.278 e. The minimum atomic E-state index is -0.263. The van der Waals surface area contributed by atoms with E-state index in [0.717, 1.165) is 30.0 Å². The zero-order valence-electron chi connectivity index (χ0n) is 19.1. The van der Waals surface area contributed by atoms with Gasteiger partial charge in [-0.1, -0.05) is 48.5 Å². The predicted octanol–water partition coefficient (Wildman–Crippen LogP) is 3.19. The number of anilines is 1. The molecule has 0 N–H and O–H groups in total. The number of ether oxygens (including phenoxy) is 1. The van der Waals surface area contributed by atoms with Crippen LogP contribution in [0.3, 0.4) is 0 Å². The minimum Gasteiger partial charge on any atom is -0.497 e. The van der Waals surface area contributed by atoms with E-state index in [1.165, 1.54) is 4.90 Å². The monoisotopic (exact) mass is 454 g/mol. The first-order valence-electron chi connectivity index (χ1n) is 11.4. The molecular formula is C27H26N4O3. The lowest BCUT2D eigenvalue weighted by atomic mass is 10.0. The number of rotatable bonds is 6. The Balaban J connectivity index is 1.45. The quantitative estimate of drug-likeness (QED) is 0.533. The maximum absolute atomic E-state index is 13.6. The maximum atomic E-state index is 13.6. The second kappa shape index (κ2) is 9.39. The van der Waals surface area contributed by atoms with Gasteiger partial charge in [0.25, 0.3) is 11.8 Å². The second-order valence-electron chi connectivity index (χ2n) is 8.30. The van der Waals surface area contributed by atoms with Crippen LogP contribution in [0.1, 0.15) is 11.1 Å². The summed E-state index contributed by atoms with van der Waals surface area (Å²) in [6.07, 6.45) is 1.78. The van der Waals surface area contributed by atoms with Crippen molar-refractivity contribution >= 4 is 23.2 Å². The summed E-state index contributed by atoms with van der Waals surface area (Å²) in [4.78, 5) is 37.3. The van der Waals surface area contributed by atoms with Gasteiger partial charge in [0.2, 0.25) is 0 Å². The normalized spacial score (nSPS) is 16.4. The largest absolute Gasteiger partial charge is 0.497 e. The molecule has 1 saturated heterocycles. The lowest BCUT2D eigenvalue weighted by Crippen LogP contribution is -2.47. The molecule has 1 fully saturated rings. The van der Waals surface area contributed by atoms with E-state index in [1.54, 1.807) is 13.3 Å². The molecular weight excluding hydrogens is 428 g/mol. The van der Waals surface area contributed by atoms with Crippen LogP contribution in [0.15, 0.2) is 84.7 Å². The van der Waals surface area contributed by atoms with E-state index in [0.29, 0.717) is 30.1 Å². The molecule has 0 saturated carbocycles. The minimum absolute atomic E-state index is 0.244. The average molecular weight is 455 g/mol. The van der Waals surface area contributed by atoms with Crippen molar-refractivity contribution in [3.05, 3.63) is 95.8 Å². The van der Waals surface area contributed by atoms with E-state index in [9.17, 15) is 9.59 Å². The van der Waals surface area contributed by atoms with Crippen molar-refractivity contribution in [3.8, 4) is 5.75 Å². The molecule has 7 heteroatoms. The van der Waals surface area contributed by atoms with Crippen LogP contribution >= 0.6 is 0 Å². The van der Waals surface area contributed by atoms with E-state index in [2.05, 4.69) is 9.88 Å². The first-order valence-corrected chi connectivity index (χ1v) is 11.4. The van der Waals surface area contributed by atoms with Crippen molar-refractivity contribution in [2.75, 3.05) is 38.2 Å². The molecule has 0 aliphatic carbocycles. The third-order valence-electron chi connectivity index (χ3n) is 6.27. The van der Waals surface area contributed by atoms with Gasteiger partial charge < -0.3 is 14.5 Å². The number of hydrogen-bond acceptors (Lipinski definition) is 6. The van der Waals surface area contributed by atoms with E-state index in [4.69, 9.17) is 4.74 Å². The van der Waals surface area contributed by atoms with Gasteiger partial charge in [0.05, 0.1) is 19.2 Å². The second-order valence-corrected chi connectivity index (χ2v) is 8.30. The van der Waals surface area contributed by atoms with Crippen molar-refractivity contribution in [1.29, 1.82) is 0 Å². The zero-order valence-corrected chi connectivity index (χ0v) is 19.1. The summed E-state index contributed by atoms with van der Waals surface area (Å²) >= 11 is 0. The topological polar surface area (TPSA) is 66.0 Å². The number of amides is 2. The Morgan fingerprint density at radius 1 is 0.794 bits per heavy atom. The summed E-state index contributed by atoms with van der Waals surface area (Å²) in [6.45, 7) is 2.94. The summed E-state index contributed by atoms with van der Waals surface area (Å²) in [5.41, 5.74) is 2.57. The standard InChI is InChI=1S/C27H26N4O3/c1-34-22-12-10-21(11-13-22)24-25(27(33)31(26(24)32)19-20-7-3-2-4-8-20)30-17-15-29(16-18-30)23-9-5-6-14-28-23/h2-14H,15-19H2,1H3. The fraction of sp³-hybridized carbons (Fsp3) is 0.222. The first kappa shape index (κ1) is 21.7. The van der Waals surface area contributed by atoms with Crippen LogP contribution in [-0.4, -0.2) is 59.9 Å². The number of aromatic nitrogens is 1. The van der Waals surface area contributed by atoms with Crippen LogP contribution < -0.4 is 9.64 Å². The number of benzene rings is 2. The highest BCUT2D eigenvalue weighted by Gasteiger charge is 2.42. The number of pyridine rings is 1. The molecule has 172 valence electrons. The Hall–Kier alpha value is -4.13. The van der Waals surface area contributed by atoms with Crippen LogP contribution in [0, 0.1) is 0 Å². The van der Waals surface area contributed by atoms with Gasteiger partial charge in [0.1, 0.15) is 17.3 Å². The number of imide groups is 1. The van der Waals surface area contributed by atoms with Crippen molar-refractivity contribution < 1.29 is 14.3 Å². The van der Waals surface area contributed by atoms with E-state index in [1.807, 2.05) is 77.7 Å². The molecule has 2 aromatic carbocycles. The van der Waals surface area contributed by atoms with Crippen LogP contribution in [0.2, 0.25) is 0 Å². The molecule has 3 heterocycles. The predicted molar refractivity (Wildman–Crippen MR) is 130 cm³/mol. The number of nitrogens with zero attached hydrogens (tertiary/aromatic N) is 4. The Bertz CT molecular complexity index is 1200. The lowest BCUT2D eigenvalue weighted by molar-refractivity contribution is -0.138. The Morgan fingerprint density at radius 3 is 2.12 bits per heavy atom. The van der Waals surface area contributed by atoms with Gasteiger partial charge in [0.15, 0.2) is 0 Å². The molecule has 0 bridgehead atoms. The number of hydrogen-bond donors (Lipinski definition) is 0. The van der Waals surface area contributed by atoms with Gasteiger partial charge in [0, 0.05) is 32.4 Å². The molecule has 7 nitrogen and oxygen atoms in total. The molecule has 2 aliphatic rings. The van der Waals surface area contributed by atoms with E-state index >= 15 is 0 Å². The zero-order chi connectivity index (χ0) is 23.5. The fourth-order valence-corrected chi connectivity index (χ4v) is 4.48.